The number of sulfonamides is 1. The number of hydrogen-bond donors (Lipinski definition) is 1. The zero-order valence-electron chi connectivity index (χ0n) is 22.6. The molecule has 0 aliphatic rings. The molecule has 1 unspecified atom stereocenters. The lowest BCUT2D eigenvalue weighted by molar-refractivity contribution is -0.139. The maximum absolute atomic E-state index is 13.9. The number of carbonyl (C=O) groups excluding carboxylic acids is 2. The Bertz CT molecular complexity index is 1330. The van der Waals surface area contributed by atoms with Crippen molar-refractivity contribution in [1.82, 2.24) is 10.2 Å². The van der Waals surface area contributed by atoms with Gasteiger partial charge in [0.25, 0.3) is 10.0 Å². The van der Waals surface area contributed by atoms with Gasteiger partial charge in [0.1, 0.15) is 12.6 Å². The fraction of sp³-hybridized carbons (Fsp3) is 0.333. The van der Waals surface area contributed by atoms with Crippen LogP contribution in [0.2, 0.25) is 0 Å². The van der Waals surface area contributed by atoms with Crippen LogP contribution < -0.4 is 9.62 Å². The number of nitrogens with one attached hydrogen (secondary N) is 1. The number of amides is 2. The van der Waals surface area contributed by atoms with Crippen LogP contribution in [0.5, 0.6) is 0 Å². The van der Waals surface area contributed by atoms with Gasteiger partial charge < -0.3 is 10.2 Å². The normalized spacial score (nSPS) is 12.0. The second-order valence-corrected chi connectivity index (χ2v) is 11.4. The topological polar surface area (TPSA) is 86.8 Å². The summed E-state index contributed by atoms with van der Waals surface area (Å²) in [6, 6.07) is 22.0. The van der Waals surface area contributed by atoms with E-state index in [0.717, 1.165) is 33.8 Å². The molecule has 8 heteroatoms. The minimum absolute atomic E-state index is 0.0870. The molecule has 0 radical (unpaired) electrons. The zero-order valence-corrected chi connectivity index (χ0v) is 23.4. The number of nitrogens with zero attached hydrogens (tertiary/aromatic N) is 2. The van der Waals surface area contributed by atoms with E-state index in [2.05, 4.69) is 5.32 Å². The Hall–Kier alpha value is -3.65. The van der Waals surface area contributed by atoms with Crippen molar-refractivity contribution in [1.29, 1.82) is 0 Å². The fourth-order valence-corrected chi connectivity index (χ4v) is 5.52. The van der Waals surface area contributed by atoms with E-state index in [-0.39, 0.29) is 17.3 Å². The molecule has 0 aliphatic heterocycles. The first-order chi connectivity index (χ1) is 18.1. The summed E-state index contributed by atoms with van der Waals surface area (Å²) in [5, 5.41) is 2.90. The molecule has 3 rings (SSSR count). The van der Waals surface area contributed by atoms with E-state index < -0.39 is 28.5 Å². The van der Waals surface area contributed by atoms with Gasteiger partial charge in [0.05, 0.1) is 10.6 Å². The summed E-state index contributed by atoms with van der Waals surface area (Å²) in [6.07, 6.45) is 1.77. The van der Waals surface area contributed by atoms with Gasteiger partial charge in [-0.3, -0.25) is 13.9 Å². The molecule has 0 saturated heterocycles. The second-order valence-electron chi connectivity index (χ2n) is 9.49. The fourth-order valence-electron chi connectivity index (χ4n) is 4.09. The van der Waals surface area contributed by atoms with Gasteiger partial charge in [-0.1, -0.05) is 79.1 Å². The highest BCUT2D eigenvalue weighted by atomic mass is 32.2. The molecule has 38 heavy (non-hydrogen) atoms. The van der Waals surface area contributed by atoms with Gasteiger partial charge in [0.2, 0.25) is 11.8 Å². The van der Waals surface area contributed by atoms with Crippen LogP contribution >= 0.6 is 0 Å². The molecule has 1 atom stereocenters. The minimum Gasteiger partial charge on any atom is -0.354 e. The molecule has 2 amide bonds. The minimum atomic E-state index is -4.05. The predicted molar refractivity (Wildman–Crippen MR) is 151 cm³/mol. The number of aryl methyl sites for hydroxylation is 2. The summed E-state index contributed by atoms with van der Waals surface area (Å²) in [6.45, 7) is 7.83. The van der Waals surface area contributed by atoms with Crippen LogP contribution in [0.1, 0.15) is 43.4 Å². The number of rotatable bonds is 12. The molecule has 0 aliphatic carbocycles. The van der Waals surface area contributed by atoms with Crippen molar-refractivity contribution in [3.8, 4) is 0 Å². The largest absolute Gasteiger partial charge is 0.354 e. The summed E-state index contributed by atoms with van der Waals surface area (Å²) in [7, 11) is -4.05. The van der Waals surface area contributed by atoms with Crippen LogP contribution in [-0.4, -0.2) is 44.3 Å². The van der Waals surface area contributed by atoms with Crippen molar-refractivity contribution in [2.45, 2.75) is 58.0 Å². The summed E-state index contributed by atoms with van der Waals surface area (Å²) in [5.41, 5.74) is 3.24. The van der Waals surface area contributed by atoms with Crippen LogP contribution in [0.15, 0.2) is 83.8 Å². The molecule has 0 bridgehead atoms. The summed E-state index contributed by atoms with van der Waals surface area (Å²) >= 11 is 0. The number of hydrogen-bond acceptors (Lipinski definition) is 4. The Balaban J connectivity index is 1.98. The average Bonchev–Trinajstić information content (AvgIpc) is 2.91. The van der Waals surface area contributed by atoms with Crippen molar-refractivity contribution >= 4 is 27.5 Å². The highest BCUT2D eigenvalue weighted by molar-refractivity contribution is 7.92. The highest BCUT2D eigenvalue weighted by Crippen LogP contribution is 2.25. The molecule has 202 valence electrons. The number of anilines is 1. The molecule has 0 saturated carbocycles. The monoisotopic (exact) mass is 535 g/mol. The van der Waals surface area contributed by atoms with Crippen molar-refractivity contribution in [3.63, 3.8) is 0 Å². The van der Waals surface area contributed by atoms with Gasteiger partial charge in [-0.05, 0) is 57.0 Å². The van der Waals surface area contributed by atoms with Gasteiger partial charge in [-0.2, -0.15) is 0 Å². The molecular weight excluding hydrogens is 498 g/mol. The maximum Gasteiger partial charge on any atom is 0.264 e. The number of benzene rings is 3. The molecule has 0 heterocycles. The van der Waals surface area contributed by atoms with E-state index in [1.54, 1.807) is 37.3 Å². The Labute approximate surface area is 226 Å². The summed E-state index contributed by atoms with van der Waals surface area (Å²) in [5.74, 6) is -0.739. The van der Waals surface area contributed by atoms with Crippen molar-refractivity contribution in [2.75, 3.05) is 17.4 Å². The van der Waals surface area contributed by atoms with E-state index in [9.17, 15) is 18.0 Å². The predicted octanol–water partition coefficient (Wildman–Crippen LogP) is 4.83. The van der Waals surface area contributed by atoms with E-state index in [0.29, 0.717) is 12.2 Å². The van der Waals surface area contributed by atoms with Crippen LogP contribution in [0.25, 0.3) is 0 Å². The molecule has 7 nitrogen and oxygen atoms in total. The Kier molecular flexibility index (Phi) is 10.1. The van der Waals surface area contributed by atoms with Crippen molar-refractivity contribution in [3.05, 3.63) is 95.6 Å². The third-order valence-electron chi connectivity index (χ3n) is 6.36. The van der Waals surface area contributed by atoms with Crippen molar-refractivity contribution < 1.29 is 18.0 Å². The molecule has 0 fully saturated rings. The van der Waals surface area contributed by atoms with Crippen LogP contribution in [0.3, 0.4) is 0 Å². The molecule has 3 aromatic rings. The maximum atomic E-state index is 13.9. The smallest absolute Gasteiger partial charge is 0.264 e. The van der Waals surface area contributed by atoms with Gasteiger partial charge in [-0.25, -0.2) is 8.42 Å². The molecule has 3 aromatic carbocycles. The Morgan fingerprint density at radius 1 is 0.895 bits per heavy atom. The average molecular weight is 536 g/mol. The lowest BCUT2D eigenvalue weighted by Gasteiger charge is -2.32. The lowest BCUT2D eigenvalue weighted by atomic mass is 10.1. The Morgan fingerprint density at radius 2 is 1.58 bits per heavy atom. The van der Waals surface area contributed by atoms with Crippen LogP contribution in [0, 0.1) is 13.8 Å². The first-order valence-corrected chi connectivity index (χ1v) is 14.3. The first-order valence-electron chi connectivity index (χ1n) is 12.9. The standard InChI is InChI=1S/C30H37N3O4S/c1-5-6-19-31-30(35)25(4)32(21-26-12-10-11-24(3)20-26)29(34)22-33(27-17-15-23(2)16-18-27)38(36,37)28-13-8-7-9-14-28/h7-18,20,25H,5-6,19,21-22H2,1-4H3,(H,31,35). The highest BCUT2D eigenvalue weighted by Gasteiger charge is 2.32. The van der Waals surface area contributed by atoms with Crippen LogP contribution in [-0.2, 0) is 26.2 Å². The van der Waals surface area contributed by atoms with Crippen LogP contribution in [0.4, 0.5) is 5.69 Å². The number of unbranched alkanes of at least 4 members (excludes halogenated alkanes) is 1. The van der Waals surface area contributed by atoms with Crippen molar-refractivity contribution in [2.24, 2.45) is 0 Å². The lowest BCUT2D eigenvalue weighted by Crippen LogP contribution is -2.51. The third-order valence-corrected chi connectivity index (χ3v) is 8.15. The molecule has 0 aromatic heterocycles. The summed E-state index contributed by atoms with van der Waals surface area (Å²) in [4.78, 5) is 28.4. The molecular formula is C30H37N3O4S. The first kappa shape index (κ1) is 28.9. The SMILES string of the molecule is CCCCNC(=O)C(C)N(Cc1cccc(C)c1)C(=O)CN(c1ccc(C)cc1)S(=O)(=O)c1ccccc1. The third kappa shape index (κ3) is 7.44. The van der Waals surface area contributed by atoms with Gasteiger partial charge in [-0.15, -0.1) is 0 Å². The van der Waals surface area contributed by atoms with Gasteiger partial charge in [0, 0.05) is 13.1 Å². The quantitative estimate of drug-likeness (QED) is 0.337. The van der Waals surface area contributed by atoms with Gasteiger partial charge >= 0.3 is 0 Å². The molecule has 0 spiro atoms. The van der Waals surface area contributed by atoms with E-state index in [4.69, 9.17) is 0 Å². The Morgan fingerprint density at radius 3 is 2.21 bits per heavy atom. The number of carbonyl (C=O) groups is 2. The summed E-state index contributed by atoms with van der Waals surface area (Å²) < 4.78 is 28.6. The zero-order chi connectivity index (χ0) is 27.7. The second kappa shape index (κ2) is 13.2. The van der Waals surface area contributed by atoms with Gasteiger partial charge in [0.15, 0.2) is 0 Å². The molecule has 1 N–H and O–H groups in total. The van der Waals surface area contributed by atoms with E-state index in [1.807, 2.05) is 57.2 Å². The van der Waals surface area contributed by atoms with E-state index in [1.165, 1.54) is 17.0 Å². The van der Waals surface area contributed by atoms with E-state index >= 15 is 0 Å².